The van der Waals surface area contributed by atoms with Crippen molar-refractivity contribution >= 4 is 35.6 Å². The maximum absolute atomic E-state index is 11.9. The van der Waals surface area contributed by atoms with Crippen LogP contribution in [0.15, 0.2) is 6.20 Å². The molecule has 2 aliphatic heterocycles. The molecule has 0 atom stereocenters. The number of hydrogen-bond acceptors (Lipinski definition) is 18. The van der Waals surface area contributed by atoms with E-state index in [4.69, 9.17) is 47.6 Å². The molecular weight excluding hydrogens is 686 g/mol. The van der Waals surface area contributed by atoms with Crippen LogP contribution in [0.3, 0.4) is 0 Å². The van der Waals surface area contributed by atoms with Gasteiger partial charge >= 0.3 is 11.9 Å². The Kier molecular flexibility index (Phi) is 20.4. The molecule has 286 valence electrons. The van der Waals surface area contributed by atoms with Crippen molar-refractivity contribution < 1.29 is 76.3 Å². The number of hydrogen-bond donors (Lipinski definition) is 0. The van der Waals surface area contributed by atoms with Gasteiger partial charge in [-0.3, -0.25) is 19.2 Å². The summed E-state index contributed by atoms with van der Waals surface area (Å²) < 4.78 is 44.5. The summed E-state index contributed by atoms with van der Waals surface area (Å²) in [6.45, 7) is 5.21. The molecule has 0 N–H and O–H groups in total. The minimum absolute atomic E-state index is 0.0194. The van der Waals surface area contributed by atoms with Gasteiger partial charge < -0.3 is 47.6 Å². The maximum Gasteiger partial charge on any atom is 0.354 e. The van der Waals surface area contributed by atoms with Crippen LogP contribution in [0.25, 0.3) is 0 Å². The van der Waals surface area contributed by atoms with E-state index in [2.05, 4.69) is 10.3 Å². The van der Waals surface area contributed by atoms with Crippen LogP contribution in [0.5, 0.6) is 0 Å². The molecule has 51 heavy (non-hydrogen) atoms. The first-order valence-corrected chi connectivity index (χ1v) is 16.5. The average Bonchev–Trinajstić information content (AvgIpc) is 3.79. The molecule has 1 aromatic rings. The van der Waals surface area contributed by atoms with Gasteiger partial charge in [-0.05, 0) is 0 Å². The molecule has 21 heteroatoms. The van der Waals surface area contributed by atoms with E-state index in [1.807, 2.05) is 0 Å². The zero-order valence-corrected chi connectivity index (χ0v) is 28.4. The lowest BCUT2D eigenvalue weighted by Crippen LogP contribution is -2.33. The summed E-state index contributed by atoms with van der Waals surface area (Å²) in [4.78, 5) is 78.9. The normalized spacial score (nSPS) is 14.7. The quantitative estimate of drug-likeness (QED) is 0.0648. The Morgan fingerprint density at radius 3 is 1.27 bits per heavy atom. The van der Waals surface area contributed by atoms with E-state index in [0.717, 1.165) is 0 Å². The average molecular weight is 732 g/mol. The molecule has 2 saturated heterocycles. The van der Waals surface area contributed by atoms with Crippen molar-refractivity contribution in [2.24, 2.45) is 0 Å². The molecule has 0 aliphatic carbocycles. The first-order valence-electron chi connectivity index (χ1n) is 16.5. The molecule has 2 aliphatic rings. The molecule has 0 bridgehead atoms. The minimum Gasteiger partial charge on any atom is -0.378 e. The molecule has 2 fully saturated rings. The number of hydroxylamine groups is 4. The summed E-state index contributed by atoms with van der Waals surface area (Å²) >= 11 is 0. The van der Waals surface area contributed by atoms with E-state index in [0.29, 0.717) is 102 Å². The Balaban J connectivity index is 0.974. The fourth-order valence-electron chi connectivity index (χ4n) is 4.08. The maximum atomic E-state index is 11.9. The minimum atomic E-state index is -0.815. The second-order valence-electron chi connectivity index (χ2n) is 10.6. The third-order valence-corrected chi connectivity index (χ3v) is 6.58. The zero-order valence-electron chi connectivity index (χ0n) is 28.4. The number of ether oxygens (including phenoxy) is 8. The molecule has 0 radical (unpaired) electrons. The number of nitrogens with zero attached hydrogens (tertiary/aromatic N) is 5. The predicted molar refractivity (Wildman–Crippen MR) is 164 cm³/mol. The van der Waals surface area contributed by atoms with Crippen LogP contribution in [0.4, 0.5) is 0 Å². The smallest absolute Gasteiger partial charge is 0.354 e. The highest BCUT2D eigenvalue weighted by atomic mass is 16.7. The highest BCUT2D eigenvalue weighted by Gasteiger charge is 2.33. The van der Waals surface area contributed by atoms with Crippen molar-refractivity contribution in [2.75, 3.05) is 99.1 Å². The largest absolute Gasteiger partial charge is 0.378 e. The molecule has 3 heterocycles. The van der Waals surface area contributed by atoms with E-state index in [1.54, 1.807) is 0 Å². The zero-order chi connectivity index (χ0) is 36.5. The van der Waals surface area contributed by atoms with Gasteiger partial charge in [0, 0.05) is 25.7 Å². The van der Waals surface area contributed by atoms with Crippen LogP contribution < -0.4 is 0 Å². The fourth-order valence-corrected chi connectivity index (χ4v) is 4.08. The first-order chi connectivity index (χ1) is 24.8. The highest BCUT2D eigenvalue weighted by Crippen LogP contribution is 2.13. The van der Waals surface area contributed by atoms with Crippen molar-refractivity contribution in [3.63, 3.8) is 0 Å². The van der Waals surface area contributed by atoms with Crippen LogP contribution in [0, 0.1) is 0 Å². The first kappa shape index (κ1) is 41.5. The monoisotopic (exact) mass is 731 g/mol. The van der Waals surface area contributed by atoms with Gasteiger partial charge in [-0.25, -0.2) is 14.3 Å². The lowest BCUT2D eigenvalue weighted by Gasteiger charge is -2.12. The van der Waals surface area contributed by atoms with Crippen molar-refractivity contribution in [1.82, 2.24) is 25.1 Å². The Morgan fingerprint density at radius 2 is 0.863 bits per heavy atom. The van der Waals surface area contributed by atoms with Gasteiger partial charge in [0.25, 0.3) is 23.6 Å². The Bertz CT molecular complexity index is 1210. The van der Waals surface area contributed by atoms with Crippen LogP contribution in [0.1, 0.15) is 37.8 Å². The van der Waals surface area contributed by atoms with Crippen molar-refractivity contribution in [3.05, 3.63) is 11.9 Å². The second kappa shape index (κ2) is 25.1. The lowest BCUT2D eigenvalue weighted by atomic mass is 10.4. The summed E-state index contributed by atoms with van der Waals surface area (Å²) in [6, 6.07) is 0. The van der Waals surface area contributed by atoms with Crippen molar-refractivity contribution in [2.45, 2.75) is 45.3 Å². The number of rotatable bonds is 30. The van der Waals surface area contributed by atoms with Crippen molar-refractivity contribution in [1.29, 1.82) is 0 Å². The van der Waals surface area contributed by atoms with E-state index < -0.39 is 35.6 Å². The van der Waals surface area contributed by atoms with Gasteiger partial charge in [0.1, 0.15) is 12.2 Å². The molecule has 4 amide bonds. The summed E-state index contributed by atoms with van der Waals surface area (Å²) in [5, 5.41) is 8.68. The molecular formula is C30H45N5O16. The molecule has 0 saturated carbocycles. The molecule has 0 aromatic carbocycles. The molecule has 0 spiro atoms. The summed E-state index contributed by atoms with van der Waals surface area (Å²) in [6.07, 6.45) is 1.54. The fraction of sp³-hybridized carbons (Fsp3) is 0.733. The molecule has 0 unspecified atom stereocenters. The summed E-state index contributed by atoms with van der Waals surface area (Å²) in [5.74, 6) is -3.68. The van der Waals surface area contributed by atoms with Gasteiger partial charge in [0.05, 0.1) is 118 Å². The van der Waals surface area contributed by atoms with Gasteiger partial charge in [-0.2, -0.15) is 0 Å². The third kappa shape index (κ3) is 17.7. The highest BCUT2D eigenvalue weighted by molar-refractivity contribution is 6.02. The van der Waals surface area contributed by atoms with Crippen LogP contribution >= 0.6 is 0 Å². The summed E-state index contributed by atoms with van der Waals surface area (Å²) in [7, 11) is 0. The number of amides is 4. The Labute approximate surface area is 293 Å². The number of carbonyl (C=O) groups is 6. The van der Waals surface area contributed by atoms with Gasteiger partial charge in [0.2, 0.25) is 0 Å². The molecule has 1 aromatic heterocycles. The number of imide groups is 2. The number of aromatic nitrogens is 3. The third-order valence-electron chi connectivity index (χ3n) is 6.58. The number of carbonyl (C=O) groups excluding carboxylic acids is 6. The standard InChI is InChI=1S/C30H45N5O16/c36-25-1-2-26(37)34(25)50-29(40)5-6-42-7-8-43-9-10-44-11-12-45-13-14-46-15-16-47-17-18-48-19-20-49-23-24-21-33(32-31-24)22-30(41)51-35-27(38)3-4-28(35)39/h21H,1-20,22-23H2. The van der Waals surface area contributed by atoms with E-state index >= 15 is 0 Å². The Morgan fingerprint density at radius 1 is 0.510 bits per heavy atom. The van der Waals surface area contributed by atoms with E-state index in [1.165, 1.54) is 10.9 Å². The van der Waals surface area contributed by atoms with Crippen LogP contribution in [-0.4, -0.2) is 160 Å². The second-order valence-corrected chi connectivity index (χ2v) is 10.6. The van der Waals surface area contributed by atoms with Gasteiger partial charge in [-0.1, -0.05) is 5.21 Å². The lowest BCUT2D eigenvalue weighted by molar-refractivity contribution is -0.198. The van der Waals surface area contributed by atoms with Gasteiger partial charge in [-0.15, -0.1) is 15.2 Å². The predicted octanol–water partition coefficient (Wildman–Crippen LogP) is -1.48. The Hall–Kier alpha value is -3.96. The van der Waals surface area contributed by atoms with Crippen molar-refractivity contribution in [3.8, 4) is 0 Å². The van der Waals surface area contributed by atoms with Gasteiger partial charge in [0.15, 0.2) is 0 Å². The van der Waals surface area contributed by atoms with Crippen LogP contribution in [0.2, 0.25) is 0 Å². The molecule has 3 rings (SSSR count). The molecule has 21 nitrogen and oxygen atoms in total. The van der Waals surface area contributed by atoms with E-state index in [9.17, 15) is 28.8 Å². The summed E-state index contributed by atoms with van der Waals surface area (Å²) in [5.41, 5.74) is 0.483. The van der Waals surface area contributed by atoms with E-state index in [-0.39, 0.29) is 58.5 Å². The SMILES string of the molecule is O=C(CCOCCOCCOCCOCCOCCOCCOCCOCc1cn(CC(=O)ON2C(=O)CCC2=O)nn1)ON1C(=O)CCC1=O. The topological polar surface area (TPSA) is 232 Å². The van der Waals surface area contributed by atoms with Crippen LogP contribution in [-0.2, 0) is 89.5 Å².